The van der Waals surface area contributed by atoms with E-state index in [1.807, 2.05) is 42.5 Å². The van der Waals surface area contributed by atoms with Gasteiger partial charge in [-0.25, -0.2) is 0 Å². The van der Waals surface area contributed by atoms with Crippen LogP contribution in [0.5, 0.6) is 0 Å². The van der Waals surface area contributed by atoms with Crippen molar-refractivity contribution in [2.45, 2.75) is 0 Å². The summed E-state index contributed by atoms with van der Waals surface area (Å²) in [5.41, 5.74) is 2.32. The van der Waals surface area contributed by atoms with Crippen LogP contribution < -0.4 is 5.32 Å². The number of carbonyl (C=O) groups is 1. The van der Waals surface area contributed by atoms with Gasteiger partial charge in [0.1, 0.15) is 0 Å². The second kappa shape index (κ2) is 7.56. The van der Waals surface area contributed by atoms with Gasteiger partial charge >= 0.3 is 0 Å². The van der Waals surface area contributed by atoms with Gasteiger partial charge in [0.15, 0.2) is 0 Å². The number of hydrogen-bond acceptors (Lipinski definition) is 3. The van der Waals surface area contributed by atoms with Crippen LogP contribution >= 0.6 is 23.2 Å². The van der Waals surface area contributed by atoms with E-state index in [9.17, 15) is 14.9 Å². The maximum Gasteiger partial charge on any atom is 0.272 e. The van der Waals surface area contributed by atoms with Crippen molar-refractivity contribution in [2.24, 2.45) is 0 Å². The van der Waals surface area contributed by atoms with Crippen LogP contribution in [0, 0.1) is 10.1 Å². The molecule has 26 heavy (non-hydrogen) atoms. The fraction of sp³-hybridized carbons (Fsp3) is 0. The predicted molar refractivity (Wildman–Crippen MR) is 103 cm³/mol. The quantitative estimate of drug-likeness (QED) is 0.453. The van der Waals surface area contributed by atoms with Crippen molar-refractivity contribution in [3.63, 3.8) is 0 Å². The van der Waals surface area contributed by atoms with Crippen LogP contribution in [0.4, 0.5) is 11.4 Å². The molecule has 0 aliphatic carbocycles. The molecule has 0 bridgehead atoms. The maximum absolute atomic E-state index is 12.4. The molecule has 130 valence electrons. The molecular formula is C19H12Cl2N2O3. The van der Waals surface area contributed by atoms with E-state index >= 15 is 0 Å². The summed E-state index contributed by atoms with van der Waals surface area (Å²) in [4.78, 5) is 22.6. The summed E-state index contributed by atoms with van der Waals surface area (Å²) in [6.45, 7) is 0. The SMILES string of the molecule is O=C(Nc1c(Cl)cc([N+](=O)[O-])cc1Cl)c1ccc(-c2ccccc2)cc1. The monoisotopic (exact) mass is 386 g/mol. The highest BCUT2D eigenvalue weighted by atomic mass is 35.5. The highest BCUT2D eigenvalue weighted by molar-refractivity contribution is 6.40. The highest BCUT2D eigenvalue weighted by Crippen LogP contribution is 2.35. The van der Waals surface area contributed by atoms with Gasteiger partial charge in [0.2, 0.25) is 0 Å². The molecule has 3 rings (SSSR count). The Hall–Kier alpha value is -2.89. The molecule has 7 heteroatoms. The highest BCUT2D eigenvalue weighted by Gasteiger charge is 2.17. The van der Waals surface area contributed by atoms with Gasteiger partial charge in [-0.05, 0) is 23.3 Å². The molecule has 5 nitrogen and oxygen atoms in total. The van der Waals surface area contributed by atoms with E-state index in [1.54, 1.807) is 12.1 Å². The van der Waals surface area contributed by atoms with Gasteiger partial charge in [-0.15, -0.1) is 0 Å². The normalized spacial score (nSPS) is 10.4. The zero-order chi connectivity index (χ0) is 18.7. The van der Waals surface area contributed by atoms with Crippen LogP contribution in [-0.4, -0.2) is 10.8 Å². The second-order valence-corrected chi connectivity index (χ2v) is 6.25. The van der Waals surface area contributed by atoms with E-state index in [1.165, 1.54) is 0 Å². The largest absolute Gasteiger partial charge is 0.319 e. The van der Waals surface area contributed by atoms with Gasteiger partial charge < -0.3 is 5.32 Å². The number of benzene rings is 3. The first-order chi connectivity index (χ1) is 12.5. The van der Waals surface area contributed by atoms with Crippen molar-refractivity contribution < 1.29 is 9.72 Å². The molecule has 0 heterocycles. The lowest BCUT2D eigenvalue weighted by molar-refractivity contribution is -0.384. The van der Waals surface area contributed by atoms with Gasteiger partial charge in [0.05, 0.1) is 20.7 Å². The summed E-state index contributed by atoms with van der Waals surface area (Å²) in [5.74, 6) is -0.415. The van der Waals surface area contributed by atoms with Crippen molar-refractivity contribution in [1.29, 1.82) is 0 Å². The van der Waals surface area contributed by atoms with E-state index < -0.39 is 10.8 Å². The van der Waals surface area contributed by atoms with Crippen LogP contribution in [0.1, 0.15) is 10.4 Å². The number of rotatable bonds is 4. The Morgan fingerprint density at radius 1 is 0.885 bits per heavy atom. The molecule has 1 N–H and O–H groups in total. The molecule has 0 saturated carbocycles. The lowest BCUT2D eigenvalue weighted by Crippen LogP contribution is -2.12. The van der Waals surface area contributed by atoms with Crippen LogP contribution in [0.3, 0.4) is 0 Å². The van der Waals surface area contributed by atoms with Crippen molar-refractivity contribution in [2.75, 3.05) is 5.32 Å². The number of halogens is 2. The zero-order valence-corrected chi connectivity index (χ0v) is 14.8. The topological polar surface area (TPSA) is 72.2 Å². The Bertz CT molecular complexity index is 951. The summed E-state index contributed by atoms with van der Waals surface area (Å²) < 4.78 is 0. The zero-order valence-electron chi connectivity index (χ0n) is 13.3. The molecular weight excluding hydrogens is 375 g/mol. The smallest absolute Gasteiger partial charge is 0.272 e. The molecule has 0 saturated heterocycles. The van der Waals surface area contributed by atoms with E-state index in [2.05, 4.69) is 5.32 Å². The minimum Gasteiger partial charge on any atom is -0.319 e. The average Bonchev–Trinajstić information content (AvgIpc) is 2.65. The molecule has 1 amide bonds. The van der Waals surface area contributed by atoms with Gasteiger partial charge in [0.25, 0.3) is 11.6 Å². The first kappa shape index (κ1) is 17.9. The fourth-order valence-electron chi connectivity index (χ4n) is 2.41. The maximum atomic E-state index is 12.4. The number of nitro groups is 1. The average molecular weight is 387 g/mol. The van der Waals surface area contributed by atoms with Crippen LogP contribution in [-0.2, 0) is 0 Å². The second-order valence-electron chi connectivity index (χ2n) is 5.44. The number of amides is 1. The van der Waals surface area contributed by atoms with Gasteiger partial charge in [0, 0.05) is 17.7 Å². The van der Waals surface area contributed by atoms with Gasteiger partial charge in [-0.1, -0.05) is 65.7 Å². The molecule has 0 spiro atoms. The molecule has 0 aliphatic heterocycles. The lowest BCUT2D eigenvalue weighted by Gasteiger charge is -2.10. The molecule has 0 aliphatic rings. The molecule has 0 fully saturated rings. The molecule has 0 radical (unpaired) electrons. The number of nitrogens with zero attached hydrogens (tertiary/aromatic N) is 1. The lowest BCUT2D eigenvalue weighted by atomic mass is 10.0. The first-order valence-corrected chi connectivity index (χ1v) is 8.31. The summed E-state index contributed by atoms with van der Waals surface area (Å²) in [5, 5.41) is 13.4. The third kappa shape index (κ3) is 3.85. The van der Waals surface area contributed by atoms with E-state index in [0.29, 0.717) is 5.56 Å². The van der Waals surface area contributed by atoms with Crippen molar-refractivity contribution >= 4 is 40.5 Å². The van der Waals surface area contributed by atoms with Crippen molar-refractivity contribution in [3.8, 4) is 11.1 Å². The predicted octanol–water partition coefficient (Wildman–Crippen LogP) is 5.82. The summed E-state index contributed by atoms with van der Waals surface area (Å²) in [7, 11) is 0. The van der Waals surface area contributed by atoms with Crippen LogP contribution in [0.2, 0.25) is 10.0 Å². The summed E-state index contributed by atoms with van der Waals surface area (Å²) >= 11 is 12.0. The molecule has 0 aromatic heterocycles. The summed E-state index contributed by atoms with van der Waals surface area (Å²) in [6.07, 6.45) is 0. The minimum absolute atomic E-state index is 0.00143. The van der Waals surface area contributed by atoms with E-state index in [-0.39, 0.29) is 21.4 Å². The Labute approximate surface area is 159 Å². The Balaban J connectivity index is 1.82. The number of nitrogens with one attached hydrogen (secondary N) is 1. The van der Waals surface area contributed by atoms with E-state index in [0.717, 1.165) is 23.3 Å². The van der Waals surface area contributed by atoms with Crippen molar-refractivity contribution in [3.05, 3.63) is 92.5 Å². The first-order valence-electron chi connectivity index (χ1n) is 7.56. The van der Waals surface area contributed by atoms with E-state index in [4.69, 9.17) is 23.2 Å². The van der Waals surface area contributed by atoms with Gasteiger partial charge in [-0.3, -0.25) is 14.9 Å². The Morgan fingerprint density at radius 2 is 1.42 bits per heavy atom. The number of nitro benzene ring substituents is 1. The Kier molecular flexibility index (Phi) is 5.21. The fourth-order valence-corrected chi connectivity index (χ4v) is 2.98. The number of carbonyl (C=O) groups excluding carboxylic acids is 1. The van der Waals surface area contributed by atoms with Crippen LogP contribution in [0.25, 0.3) is 11.1 Å². The molecule has 0 unspecified atom stereocenters. The number of hydrogen-bond donors (Lipinski definition) is 1. The molecule has 0 atom stereocenters. The molecule has 3 aromatic rings. The van der Waals surface area contributed by atoms with Crippen molar-refractivity contribution in [1.82, 2.24) is 0 Å². The Morgan fingerprint density at radius 3 is 1.96 bits per heavy atom. The standard InChI is InChI=1S/C19H12Cl2N2O3/c20-16-10-15(23(25)26)11-17(21)18(16)22-19(24)14-8-6-13(7-9-14)12-4-2-1-3-5-12/h1-11H,(H,22,24). The minimum atomic E-state index is -0.605. The number of anilines is 1. The number of non-ortho nitro benzene ring substituents is 1. The van der Waals surface area contributed by atoms with Gasteiger partial charge in [-0.2, -0.15) is 0 Å². The molecule has 3 aromatic carbocycles. The third-order valence-corrected chi connectivity index (χ3v) is 4.33. The summed E-state index contributed by atoms with van der Waals surface area (Å²) in [6, 6.07) is 19.1. The third-order valence-electron chi connectivity index (χ3n) is 3.73. The van der Waals surface area contributed by atoms with Crippen LogP contribution in [0.15, 0.2) is 66.7 Å².